The van der Waals surface area contributed by atoms with Crippen LogP contribution < -0.4 is 4.72 Å². The number of anilines is 1. The first-order valence-electron chi connectivity index (χ1n) is 7.17. The Balaban J connectivity index is 1.83. The van der Waals surface area contributed by atoms with E-state index in [9.17, 15) is 8.42 Å². The molecule has 120 valence electrons. The van der Waals surface area contributed by atoms with E-state index in [-0.39, 0.29) is 4.90 Å². The van der Waals surface area contributed by atoms with Gasteiger partial charge in [-0.15, -0.1) is 0 Å². The number of nitrogens with one attached hydrogen (secondary N) is 1. The highest BCUT2D eigenvalue weighted by molar-refractivity contribution is 7.92. The van der Waals surface area contributed by atoms with Crippen molar-refractivity contribution in [3.05, 3.63) is 78.0 Å². The molecule has 0 unspecified atom stereocenters. The van der Waals surface area contributed by atoms with Crippen molar-refractivity contribution in [1.82, 2.24) is 9.78 Å². The summed E-state index contributed by atoms with van der Waals surface area (Å²) in [5, 5.41) is 13.0. The van der Waals surface area contributed by atoms with E-state index in [4.69, 9.17) is 5.26 Å². The quantitative estimate of drug-likeness (QED) is 0.774. The molecule has 0 aliphatic heterocycles. The molecule has 0 saturated carbocycles. The van der Waals surface area contributed by atoms with Crippen molar-refractivity contribution in [3.63, 3.8) is 0 Å². The minimum atomic E-state index is -3.74. The van der Waals surface area contributed by atoms with Crippen LogP contribution in [-0.2, 0) is 16.6 Å². The minimum Gasteiger partial charge on any atom is -0.264 e. The van der Waals surface area contributed by atoms with E-state index in [1.807, 2.05) is 36.4 Å². The Morgan fingerprint density at radius 1 is 1.04 bits per heavy atom. The Morgan fingerprint density at radius 2 is 1.75 bits per heavy atom. The van der Waals surface area contributed by atoms with Gasteiger partial charge < -0.3 is 0 Å². The van der Waals surface area contributed by atoms with E-state index in [1.165, 1.54) is 24.3 Å². The lowest BCUT2D eigenvalue weighted by Gasteiger charge is -2.11. The predicted octanol–water partition coefficient (Wildman–Crippen LogP) is 2.60. The van der Waals surface area contributed by atoms with Gasteiger partial charge >= 0.3 is 0 Å². The van der Waals surface area contributed by atoms with Crippen LogP contribution in [0.4, 0.5) is 5.82 Å². The van der Waals surface area contributed by atoms with Gasteiger partial charge in [0.2, 0.25) is 0 Å². The zero-order valence-corrected chi connectivity index (χ0v) is 13.4. The van der Waals surface area contributed by atoms with Crippen LogP contribution in [0.3, 0.4) is 0 Å². The summed E-state index contributed by atoms with van der Waals surface area (Å²) >= 11 is 0. The molecule has 3 aromatic rings. The zero-order valence-electron chi connectivity index (χ0n) is 12.6. The highest BCUT2D eigenvalue weighted by Gasteiger charge is 2.16. The van der Waals surface area contributed by atoms with E-state index in [0.29, 0.717) is 17.9 Å². The van der Waals surface area contributed by atoms with Crippen LogP contribution in [0.15, 0.2) is 71.8 Å². The first-order valence-corrected chi connectivity index (χ1v) is 8.65. The second-order valence-corrected chi connectivity index (χ2v) is 6.78. The summed E-state index contributed by atoms with van der Waals surface area (Å²) < 4.78 is 29.0. The summed E-state index contributed by atoms with van der Waals surface area (Å²) in [6.07, 6.45) is 1.54. The average Bonchev–Trinajstić information content (AvgIpc) is 3.02. The third-order valence-electron chi connectivity index (χ3n) is 3.42. The van der Waals surface area contributed by atoms with E-state index < -0.39 is 10.0 Å². The summed E-state index contributed by atoms with van der Waals surface area (Å²) in [5.41, 5.74) is 1.42. The lowest BCUT2D eigenvalue weighted by Crippen LogP contribution is -2.16. The monoisotopic (exact) mass is 338 g/mol. The maximum atomic E-state index is 12.5. The topological polar surface area (TPSA) is 87.8 Å². The fraction of sp³-hybridized carbons (Fsp3) is 0.0588. The number of nitriles is 1. The molecule has 6 nitrogen and oxygen atoms in total. The molecular weight excluding hydrogens is 324 g/mol. The Morgan fingerprint density at radius 3 is 2.42 bits per heavy atom. The summed E-state index contributed by atoms with van der Waals surface area (Å²) in [7, 11) is -3.74. The fourth-order valence-electron chi connectivity index (χ4n) is 2.21. The van der Waals surface area contributed by atoms with Gasteiger partial charge in [-0.3, -0.25) is 4.72 Å². The van der Waals surface area contributed by atoms with Gasteiger partial charge in [0, 0.05) is 6.07 Å². The molecule has 0 aliphatic carbocycles. The van der Waals surface area contributed by atoms with Gasteiger partial charge in [0.05, 0.1) is 29.3 Å². The first-order chi connectivity index (χ1) is 11.6. The molecular formula is C17H14N4O2S. The van der Waals surface area contributed by atoms with Crippen molar-refractivity contribution in [1.29, 1.82) is 5.26 Å². The number of aromatic nitrogens is 2. The third-order valence-corrected chi connectivity index (χ3v) is 4.79. The molecule has 0 saturated heterocycles. The normalized spacial score (nSPS) is 11.0. The van der Waals surface area contributed by atoms with E-state index in [0.717, 1.165) is 5.56 Å². The molecule has 0 bridgehead atoms. The Kier molecular flexibility index (Phi) is 4.31. The third kappa shape index (κ3) is 3.45. The van der Waals surface area contributed by atoms with Gasteiger partial charge in [-0.05, 0) is 29.8 Å². The lowest BCUT2D eigenvalue weighted by molar-refractivity contribution is 0.599. The second kappa shape index (κ2) is 6.56. The molecule has 1 N–H and O–H groups in total. The Bertz CT molecular complexity index is 971. The minimum absolute atomic E-state index is 0.0916. The number of rotatable bonds is 5. The van der Waals surface area contributed by atoms with Crippen LogP contribution in [0.2, 0.25) is 0 Å². The van der Waals surface area contributed by atoms with Crippen molar-refractivity contribution in [3.8, 4) is 6.07 Å². The smallest absolute Gasteiger partial charge is 0.263 e. The summed E-state index contributed by atoms with van der Waals surface area (Å²) in [4.78, 5) is 0.0916. The molecule has 3 rings (SSSR count). The Labute approximate surface area is 140 Å². The van der Waals surface area contributed by atoms with Gasteiger partial charge in [-0.2, -0.15) is 10.4 Å². The number of hydrogen-bond donors (Lipinski definition) is 1. The molecule has 0 fully saturated rings. The van der Waals surface area contributed by atoms with Gasteiger partial charge in [-0.1, -0.05) is 30.3 Å². The second-order valence-electron chi connectivity index (χ2n) is 5.10. The van der Waals surface area contributed by atoms with Crippen LogP contribution in [-0.4, -0.2) is 18.2 Å². The highest BCUT2D eigenvalue weighted by Crippen LogP contribution is 2.17. The van der Waals surface area contributed by atoms with Crippen molar-refractivity contribution in [2.24, 2.45) is 0 Å². The van der Waals surface area contributed by atoms with Crippen molar-refractivity contribution in [2.45, 2.75) is 11.4 Å². The average molecular weight is 338 g/mol. The van der Waals surface area contributed by atoms with Gasteiger partial charge in [0.15, 0.2) is 0 Å². The van der Waals surface area contributed by atoms with Crippen molar-refractivity contribution < 1.29 is 8.42 Å². The molecule has 0 atom stereocenters. The molecule has 0 spiro atoms. The molecule has 1 aromatic heterocycles. The van der Waals surface area contributed by atoms with Crippen molar-refractivity contribution >= 4 is 15.8 Å². The van der Waals surface area contributed by atoms with Crippen LogP contribution in [0.25, 0.3) is 0 Å². The number of sulfonamides is 1. The largest absolute Gasteiger partial charge is 0.264 e. The van der Waals surface area contributed by atoms with Crippen LogP contribution in [0, 0.1) is 11.3 Å². The standard InChI is InChI=1S/C17H14N4O2S/c18-12-14-6-8-16(9-7-14)24(22,23)20-17-10-11-19-21(17)13-15-4-2-1-3-5-15/h1-11,20H,13H2. The number of hydrogen-bond acceptors (Lipinski definition) is 4. The molecule has 0 radical (unpaired) electrons. The predicted molar refractivity (Wildman–Crippen MR) is 89.7 cm³/mol. The number of nitrogens with zero attached hydrogens (tertiary/aromatic N) is 3. The molecule has 1 heterocycles. The SMILES string of the molecule is N#Cc1ccc(S(=O)(=O)Nc2ccnn2Cc2ccccc2)cc1. The maximum absolute atomic E-state index is 12.5. The summed E-state index contributed by atoms with van der Waals surface area (Å²) in [6, 6.07) is 18.9. The van der Waals surface area contributed by atoms with E-state index in [2.05, 4.69) is 9.82 Å². The van der Waals surface area contributed by atoms with Crippen LogP contribution in [0.5, 0.6) is 0 Å². The molecule has 0 amide bonds. The van der Waals surface area contributed by atoms with Gasteiger partial charge in [0.25, 0.3) is 10.0 Å². The van der Waals surface area contributed by atoms with Crippen LogP contribution in [0.1, 0.15) is 11.1 Å². The van der Waals surface area contributed by atoms with Crippen molar-refractivity contribution in [2.75, 3.05) is 4.72 Å². The van der Waals surface area contributed by atoms with Crippen LogP contribution >= 0.6 is 0 Å². The highest BCUT2D eigenvalue weighted by atomic mass is 32.2. The summed E-state index contributed by atoms with van der Waals surface area (Å²) in [5.74, 6) is 0.378. The Hall–Kier alpha value is -3.11. The molecule has 2 aromatic carbocycles. The first kappa shape index (κ1) is 15.8. The summed E-state index contributed by atoms with van der Waals surface area (Å²) in [6.45, 7) is 0.457. The molecule has 0 aliphatic rings. The molecule has 7 heteroatoms. The fourth-order valence-corrected chi connectivity index (χ4v) is 3.27. The van der Waals surface area contributed by atoms with E-state index >= 15 is 0 Å². The molecule has 24 heavy (non-hydrogen) atoms. The maximum Gasteiger partial charge on any atom is 0.263 e. The van der Waals surface area contributed by atoms with E-state index in [1.54, 1.807) is 16.9 Å². The lowest BCUT2D eigenvalue weighted by atomic mass is 10.2. The zero-order chi connectivity index (χ0) is 17.0. The van der Waals surface area contributed by atoms with Gasteiger partial charge in [-0.25, -0.2) is 13.1 Å². The number of benzene rings is 2. The van der Waals surface area contributed by atoms with Gasteiger partial charge in [0.1, 0.15) is 5.82 Å².